The first kappa shape index (κ1) is 15.5. The van der Waals surface area contributed by atoms with Crippen molar-refractivity contribution in [2.75, 3.05) is 0 Å². The molecular formula is C15H24BNO3. The normalized spacial score (nSPS) is 21.3. The Morgan fingerprint density at radius 3 is 2.10 bits per heavy atom. The molecule has 0 unspecified atom stereocenters. The highest BCUT2D eigenvalue weighted by Gasteiger charge is 2.53. The predicted octanol–water partition coefficient (Wildman–Crippen LogP) is 1.92. The zero-order chi connectivity index (χ0) is 15.3. The fourth-order valence-electron chi connectivity index (χ4n) is 2.25. The maximum Gasteiger partial charge on any atom is 0.496 e. The second-order valence-corrected chi connectivity index (χ2v) is 7.10. The quantitative estimate of drug-likeness (QED) is 0.839. The minimum absolute atomic E-state index is 0.404. The molecule has 1 N–H and O–H groups in total. The molecule has 1 aliphatic heterocycles. The summed E-state index contributed by atoms with van der Waals surface area (Å²) < 4.78 is 12.1. The lowest BCUT2D eigenvalue weighted by Gasteiger charge is -2.32. The Kier molecular flexibility index (Phi) is 3.52. The molecule has 1 aromatic heterocycles. The number of nitrogens with zero attached hydrogens (tertiary/aromatic N) is 1. The summed E-state index contributed by atoms with van der Waals surface area (Å²) in [5, 5.41) is 10.3. The minimum Gasteiger partial charge on any atom is -0.399 e. The fraction of sp³-hybridized carbons (Fsp3) is 0.667. The summed E-state index contributed by atoms with van der Waals surface area (Å²) in [7, 11) is -0.506. The van der Waals surface area contributed by atoms with Crippen LogP contribution in [0, 0.1) is 6.92 Å². The van der Waals surface area contributed by atoms with Crippen LogP contribution in [0.5, 0.6) is 0 Å². The highest BCUT2D eigenvalue weighted by molar-refractivity contribution is 6.62. The topological polar surface area (TPSA) is 51.6 Å². The van der Waals surface area contributed by atoms with Crippen LogP contribution >= 0.6 is 0 Å². The van der Waals surface area contributed by atoms with Crippen LogP contribution in [0.3, 0.4) is 0 Å². The van der Waals surface area contributed by atoms with E-state index in [1.54, 1.807) is 20.0 Å². The zero-order valence-corrected chi connectivity index (χ0v) is 13.4. The third-order valence-electron chi connectivity index (χ3n) is 4.14. The molecule has 1 saturated heterocycles. The maximum absolute atomic E-state index is 10.3. The Bertz CT molecular complexity index is 504. The van der Waals surface area contributed by atoms with E-state index in [2.05, 4.69) is 4.98 Å². The lowest BCUT2D eigenvalue weighted by molar-refractivity contribution is 0.00578. The van der Waals surface area contributed by atoms with Crippen LogP contribution in [0.1, 0.15) is 52.8 Å². The second kappa shape index (κ2) is 4.55. The molecule has 110 valence electrons. The molecule has 1 fully saturated rings. The molecule has 20 heavy (non-hydrogen) atoms. The largest absolute Gasteiger partial charge is 0.496 e. The first-order valence-corrected chi connectivity index (χ1v) is 6.99. The van der Waals surface area contributed by atoms with E-state index in [1.165, 1.54) is 0 Å². The molecule has 0 amide bonds. The van der Waals surface area contributed by atoms with Gasteiger partial charge < -0.3 is 14.4 Å². The summed E-state index contributed by atoms with van der Waals surface area (Å²) in [4.78, 5) is 4.38. The molecule has 0 bridgehead atoms. The third-order valence-corrected chi connectivity index (χ3v) is 4.14. The molecule has 0 aliphatic carbocycles. The number of hydrogen-bond acceptors (Lipinski definition) is 4. The van der Waals surface area contributed by atoms with E-state index < -0.39 is 23.9 Å². The van der Waals surface area contributed by atoms with E-state index >= 15 is 0 Å². The van der Waals surface area contributed by atoms with Crippen molar-refractivity contribution in [2.45, 2.75) is 65.3 Å². The predicted molar refractivity (Wildman–Crippen MR) is 79.9 cm³/mol. The van der Waals surface area contributed by atoms with Gasteiger partial charge in [-0.1, -0.05) is 6.07 Å². The van der Waals surface area contributed by atoms with E-state index in [9.17, 15) is 5.11 Å². The van der Waals surface area contributed by atoms with Gasteiger partial charge in [-0.05, 0) is 54.0 Å². The van der Waals surface area contributed by atoms with Crippen LogP contribution in [0.25, 0.3) is 0 Å². The number of aliphatic hydroxyl groups is 1. The molecule has 1 aliphatic rings. The Morgan fingerprint density at radius 1 is 1.15 bits per heavy atom. The number of pyridine rings is 1. The van der Waals surface area contributed by atoms with Crippen LogP contribution in [-0.4, -0.2) is 28.4 Å². The van der Waals surface area contributed by atoms with Crippen molar-refractivity contribution in [3.63, 3.8) is 0 Å². The summed E-state index contributed by atoms with van der Waals surface area (Å²) in [5.41, 5.74) is 0.573. The van der Waals surface area contributed by atoms with Crippen molar-refractivity contribution in [3.05, 3.63) is 23.5 Å². The van der Waals surface area contributed by atoms with Gasteiger partial charge in [0, 0.05) is 11.7 Å². The first-order valence-electron chi connectivity index (χ1n) is 6.99. The van der Waals surface area contributed by atoms with Crippen LogP contribution in [0.4, 0.5) is 0 Å². The molecule has 0 saturated carbocycles. The highest BCUT2D eigenvalue weighted by Crippen LogP contribution is 2.37. The molecule has 2 rings (SSSR count). The van der Waals surface area contributed by atoms with Crippen LogP contribution in [0.2, 0.25) is 0 Å². The van der Waals surface area contributed by atoms with Gasteiger partial charge >= 0.3 is 7.12 Å². The lowest BCUT2D eigenvalue weighted by atomic mass is 9.74. The van der Waals surface area contributed by atoms with Crippen molar-refractivity contribution in [2.24, 2.45) is 0 Å². The van der Waals surface area contributed by atoms with Gasteiger partial charge in [0.1, 0.15) is 5.60 Å². The molecule has 0 radical (unpaired) electrons. The average molecular weight is 277 g/mol. The molecule has 0 spiro atoms. The molecule has 5 heteroatoms. The molecule has 0 atom stereocenters. The van der Waals surface area contributed by atoms with Gasteiger partial charge in [-0.25, -0.2) is 0 Å². The number of aryl methyl sites for hydroxylation is 1. The Hall–Kier alpha value is -0.905. The first-order chi connectivity index (χ1) is 8.94. The second-order valence-electron chi connectivity index (χ2n) is 7.10. The van der Waals surface area contributed by atoms with Gasteiger partial charge in [-0.15, -0.1) is 0 Å². The van der Waals surface area contributed by atoms with Crippen LogP contribution in [0.15, 0.2) is 12.3 Å². The van der Waals surface area contributed by atoms with Gasteiger partial charge in [0.05, 0.1) is 16.9 Å². The number of hydrogen-bond donors (Lipinski definition) is 1. The summed E-state index contributed by atoms with van der Waals surface area (Å²) >= 11 is 0. The Balaban J connectivity index is 2.47. The van der Waals surface area contributed by atoms with Gasteiger partial charge in [-0.2, -0.15) is 0 Å². The van der Waals surface area contributed by atoms with Crippen molar-refractivity contribution in [1.82, 2.24) is 4.98 Å². The standard InChI is InChI=1S/C15H24BNO3/c1-10-8-11(12(17-9-10)13(2,3)18)16-19-14(4,5)15(6,7)20-16/h8-9,18H,1-7H3. The average Bonchev–Trinajstić information content (AvgIpc) is 2.46. The monoisotopic (exact) mass is 277 g/mol. The molecule has 0 aromatic carbocycles. The van der Waals surface area contributed by atoms with Gasteiger partial charge in [0.25, 0.3) is 0 Å². The molecule has 2 heterocycles. The van der Waals surface area contributed by atoms with E-state index in [4.69, 9.17) is 9.31 Å². The highest BCUT2D eigenvalue weighted by atomic mass is 16.7. The van der Waals surface area contributed by atoms with Crippen LogP contribution in [-0.2, 0) is 14.9 Å². The van der Waals surface area contributed by atoms with Crippen molar-refractivity contribution >= 4 is 12.6 Å². The van der Waals surface area contributed by atoms with Gasteiger partial charge in [-0.3, -0.25) is 4.98 Å². The van der Waals surface area contributed by atoms with Crippen molar-refractivity contribution in [1.29, 1.82) is 0 Å². The molecule has 1 aromatic rings. The summed E-state index contributed by atoms with van der Waals surface area (Å²) in [6.07, 6.45) is 1.75. The van der Waals surface area contributed by atoms with Crippen molar-refractivity contribution in [3.8, 4) is 0 Å². The summed E-state index contributed by atoms with van der Waals surface area (Å²) in [6.45, 7) is 13.5. The van der Waals surface area contributed by atoms with Gasteiger partial charge in [0.2, 0.25) is 0 Å². The van der Waals surface area contributed by atoms with E-state index in [-0.39, 0.29) is 0 Å². The number of aromatic nitrogens is 1. The minimum atomic E-state index is -1.04. The summed E-state index contributed by atoms with van der Waals surface area (Å²) in [6, 6.07) is 1.97. The SMILES string of the molecule is Cc1cnc(C(C)(C)O)c(B2OC(C)(C)C(C)(C)O2)c1. The Morgan fingerprint density at radius 2 is 1.65 bits per heavy atom. The fourth-order valence-corrected chi connectivity index (χ4v) is 2.25. The smallest absolute Gasteiger partial charge is 0.399 e. The maximum atomic E-state index is 10.3. The van der Waals surface area contributed by atoms with E-state index in [1.807, 2.05) is 40.7 Å². The van der Waals surface area contributed by atoms with Crippen molar-refractivity contribution < 1.29 is 14.4 Å². The van der Waals surface area contributed by atoms with E-state index in [0.29, 0.717) is 5.69 Å². The third kappa shape index (κ3) is 2.62. The summed E-state index contributed by atoms with van der Waals surface area (Å²) in [5.74, 6) is 0. The zero-order valence-electron chi connectivity index (χ0n) is 13.4. The van der Waals surface area contributed by atoms with Gasteiger partial charge in [0.15, 0.2) is 0 Å². The number of rotatable bonds is 2. The van der Waals surface area contributed by atoms with E-state index in [0.717, 1.165) is 11.0 Å². The lowest BCUT2D eigenvalue weighted by Crippen LogP contribution is -2.41. The van der Waals surface area contributed by atoms with Crippen LogP contribution < -0.4 is 5.46 Å². The Labute approximate surface area is 121 Å². The molecular weight excluding hydrogens is 253 g/mol. The molecule has 4 nitrogen and oxygen atoms in total.